The van der Waals surface area contributed by atoms with Crippen molar-refractivity contribution in [1.29, 1.82) is 0 Å². The van der Waals surface area contributed by atoms with Gasteiger partial charge in [-0.05, 0) is 40.1 Å². The normalized spacial score (nSPS) is 11.7. The highest BCUT2D eigenvalue weighted by Crippen LogP contribution is 2.23. The van der Waals surface area contributed by atoms with Gasteiger partial charge in [-0.15, -0.1) is 0 Å². The van der Waals surface area contributed by atoms with Crippen LogP contribution in [0.4, 0.5) is 5.69 Å². The van der Waals surface area contributed by atoms with E-state index in [0.29, 0.717) is 28.8 Å². The van der Waals surface area contributed by atoms with E-state index in [2.05, 4.69) is 54.0 Å². The van der Waals surface area contributed by atoms with E-state index in [1.54, 1.807) is 6.20 Å². The summed E-state index contributed by atoms with van der Waals surface area (Å²) in [5, 5.41) is 7.57. The molecular formula is C15H26BrN3O. The Balaban J connectivity index is 2.84. The van der Waals surface area contributed by atoms with E-state index in [0.717, 1.165) is 18.7 Å². The SMILES string of the molecule is CCCn1ncc(NCC(C(C)C)C(C)C)c(Br)c1=O. The van der Waals surface area contributed by atoms with Gasteiger partial charge in [0, 0.05) is 13.1 Å². The van der Waals surface area contributed by atoms with E-state index in [9.17, 15) is 4.79 Å². The Morgan fingerprint density at radius 1 is 1.30 bits per heavy atom. The largest absolute Gasteiger partial charge is 0.382 e. The summed E-state index contributed by atoms with van der Waals surface area (Å²) in [7, 11) is 0. The summed E-state index contributed by atoms with van der Waals surface area (Å²) in [4.78, 5) is 12.1. The van der Waals surface area contributed by atoms with Gasteiger partial charge in [-0.3, -0.25) is 4.79 Å². The summed E-state index contributed by atoms with van der Waals surface area (Å²) < 4.78 is 2.07. The number of anilines is 1. The second-order valence-electron chi connectivity index (χ2n) is 5.93. The standard InChI is InChI=1S/C15H26BrN3O/c1-6-7-19-15(20)14(16)13(9-18-19)17-8-12(10(2)3)11(4)5/h9-12,17H,6-8H2,1-5H3. The average Bonchev–Trinajstić information content (AvgIpc) is 2.37. The van der Waals surface area contributed by atoms with Crippen LogP contribution in [0.15, 0.2) is 15.5 Å². The van der Waals surface area contributed by atoms with Gasteiger partial charge < -0.3 is 5.32 Å². The minimum Gasteiger partial charge on any atom is -0.382 e. The van der Waals surface area contributed by atoms with E-state index in [1.165, 1.54) is 4.68 Å². The van der Waals surface area contributed by atoms with Crippen LogP contribution in [0, 0.1) is 17.8 Å². The van der Waals surface area contributed by atoms with Crippen LogP contribution < -0.4 is 10.9 Å². The van der Waals surface area contributed by atoms with Gasteiger partial charge in [0.1, 0.15) is 4.47 Å². The van der Waals surface area contributed by atoms with Crippen LogP contribution in [0.3, 0.4) is 0 Å². The first-order valence-electron chi connectivity index (χ1n) is 7.37. The molecule has 0 fully saturated rings. The monoisotopic (exact) mass is 343 g/mol. The van der Waals surface area contributed by atoms with Crippen molar-refractivity contribution in [3.63, 3.8) is 0 Å². The van der Waals surface area contributed by atoms with Crippen molar-refractivity contribution in [2.45, 2.75) is 47.6 Å². The van der Waals surface area contributed by atoms with Crippen molar-refractivity contribution in [3.8, 4) is 0 Å². The Hall–Kier alpha value is -0.840. The molecule has 0 bridgehead atoms. The highest BCUT2D eigenvalue weighted by molar-refractivity contribution is 9.10. The molecule has 0 aliphatic carbocycles. The minimum atomic E-state index is -0.0671. The molecule has 0 aliphatic heterocycles. The molecule has 0 spiro atoms. The first-order valence-corrected chi connectivity index (χ1v) is 8.17. The zero-order chi connectivity index (χ0) is 15.3. The fraction of sp³-hybridized carbons (Fsp3) is 0.733. The summed E-state index contributed by atoms with van der Waals surface area (Å²) in [6, 6.07) is 0. The third-order valence-electron chi connectivity index (χ3n) is 3.66. The number of aryl methyl sites for hydroxylation is 1. The fourth-order valence-electron chi connectivity index (χ4n) is 2.43. The molecule has 0 aromatic carbocycles. The van der Waals surface area contributed by atoms with Crippen LogP contribution in [0.2, 0.25) is 0 Å². The van der Waals surface area contributed by atoms with Gasteiger partial charge >= 0.3 is 0 Å². The van der Waals surface area contributed by atoms with Gasteiger partial charge in [0.2, 0.25) is 0 Å². The Kier molecular flexibility index (Phi) is 6.72. The molecule has 20 heavy (non-hydrogen) atoms. The quantitative estimate of drug-likeness (QED) is 0.819. The summed E-state index contributed by atoms with van der Waals surface area (Å²) in [6.45, 7) is 12.5. The van der Waals surface area contributed by atoms with Crippen LogP contribution in [-0.4, -0.2) is 16.3 Å². The van der Waals surface area contributed by atoms with E-state index in [1.807, 2.05) is 6.92 Å². The molecule has 1 rings (SSSR count). The number of rotatable bonds is 7. The molecule has 4 nitrogen and oxygen atoms in total. The molecule has 1 aromatic rings. The molecule has 0 amide bonds. The van der Waals surface area contributed by atoms with E-state index < -0.39 is 0 Å². The summed E-state index contributed by atoms with van der Waals surface area (Å²) >= 11 is 3.39. The second kappa shape index (κ2) is 7.81. The van der Waals surface area contributed by atoms with Crippen molar-refractivity contribution in [3.05, 3.63) is 21.0 Å². The molecule has 1 heterocycles. The Bertz CT molecular complexity index is 474. The van der Waals surface area contributed by atoms with Crippen LogP contribution >= 0.6 is 15.9 Å². The number of hydrogen-bond acceptors (Lipinski definition) is 3. The van der Waals surface area contributed by atoms with Crippen molar-refractivity contribution in [2.75, 3.05) is 11.9 Å². The van der Waals surface area contributed by atoms with Crippen LogP contribution in [0.1, 0.15) is 41.0 Å². The van der Waals surface area contributed by atoms with E-state index in [-0.39, 0.29) is 5.56 Å². The predicted molar refractivity (Wildman–Crippen MR) is 88.1 cm³/mol. The molecule has 114 valence electrons. The van der Waals surface area contributed by atoms with Gasteiger partial charge in [-0.25, -0.2) is 4.68 Å². The molecule has 1 N–H and O–H groups in total. The van der Waals surface area contributed by atoms with Crippen LogP contribution in [0.5, 0.6) is 0 Å². The maximum atomic E-state index is 12.1. The molecule has 0 saturated carbocycles. The van der Waals surface area contributed by atoms with Gasteiger partial charge in [-0.2, -0.15) is 5.10 Å². The summed E-state index contributed by atoms with van der Waals surface area (Å²) in [5.41, 5.74) is 0.719. The van der Waals surface area contributed by atoms with Crippen molar-refractivity contribution in [1.82, 2.24) is 9.78 Å². The third kappa shape index (κ3) is 4.33. The highest BCUT2D eigenvalue weighted by atomic mass is 79.9. The minimum absolute atomic E-state index is 0.0671. The van der Waals surface area contributed by atoms with Gasteiger partial charge in [0.25, 0.3) is 5.56 Å². The maximum absolute atomic E-state index is 12.1. The molecule has 0 unspecified atom stereocenters. The van der Waals surface area contributed by atoms with Crippen molar-refractivity contribution in [2.24, 2.45) is 17.8 Å². The van der Waals surface area contributed by atoms with Crippen molar-refractivity contribution >= 4 is 21.6 Å². The lowest BCUT2D eigenvalue weighted by atomic mass is 9.85. The first kappa shape index (κ1) is 17.2. The molecule has 0 aliphatic rings. The molecular weight excluding hydrogens is 318 g/mol. The highest BCUT2D eigenvalue weighted by Gasteiger charge is 2.18. The number of hydrogen-bond donors (Lipinski definition) is 1. The van der Waals surface area contributed by atoms with Crippen molar-refractivity contribution < 1.29 is 0 Å². The first-order chi connectivity index (χ1) is 9.38. The van der Waals surface area contributed by atoms with Gasteiger partial charge in [0.05, 0.1) is 11.9 Å². The zero-order valence-corrected chi connectivity index (χ0v) is 14.7. The third-order valence-corrected chi connectivity index (χ3v) is 4.43. The summed E-state index contributed by atoms with van der Waals surface area (Å²) in [6.07, 6.45) is 2.63. The zero-order valence-electron chi connectivity index (χ0n) is 13.1. The number of halogens is 1. The number of nitrogens with zero attached hydrogens (tertiary/aromatic N) is 2. The lowest BCUT2D eigenvalue weighted by Gasteiger charge is -2.25. The average molecular weight is 344 g/mol. The molecule has 0 radical (unpaired) electrons. The predicted octanol–water partition coefficient (Wildman–Crippen LogP) is 3.76. The van der Waals surface area contributed by atoms with E-state index >= 15 is 0 Å². The molecule has 0 saturated heterocycles. The maximum Gasteiger partial charge on any atom is 0.283 e. The second-order valence-corrected chi connectivity index (χ2v) is 6.73. The Labute approximate surface area is 130 Å². The number of aromatic nitrogens is 2. The fourth-order valence-corrected chi connectivity index (χ4v) is 2.88. The van der Waals surface area contributed by atoms with Gasteiger partial charge in [0.15, 0.2) is 0 Å². The Morgan fingerprint density at radius 3 is 2.40 bits per heavy atom. The topological polar surface area (TPSA) is 46.9 Å². The lowest BCUT2D eigenvalue weighted by molar-refractivity contribution is 0.304. The lowest BCUT2D eigenvalue weighted by Crippen LogP contribution is -2.27. The van der Waals surface area contributed by atoms with Crippen LogP contribution in [-0.2, 0) is 6.54 Å². The molecule has 0 atom stereocenters. The molecule has 5 heteroatoms. The smallest absolute Gasteiger partial charge is 0.283 e. The Morgan fingerprint density at radius 2 is 1.90 bits per heavy atom. The number of nitrogens with one attached hydrogen (secondary N) is 1. The van der Waals surface area contributed by atoms with Gasteiger partial charge in [-0.1, -0.05) is 34.6 Å². The molecule has 1 aromatic heterocycles. The summed E-state index contributed by atoms with van der Waals surface area (Å²) in [5.74, 6) is 1.78. The van der Waals surface area contributed by atoms with Crippen LogP contribution in [0.25, 0.3) is 0 Å². The van der Waals surface area contributed by atoms with E-state index in [4.69, 9.17) is 0 Å².